The van der Waals surface area contributed by atoms with E-state index in [-0.39, 0.29) is 0 Å². The van der Waals surface area contributed by atoms with Gasteiger partial charge in [0.15, 0.2) is 11.6 Å². The van der Waals surface area contributed by atoms with Gasteiger partial charge in [-0.05, 0) is 18.8 Å². The Balaban J connectivity index is 2.38. The zero-order valence-corrected chi connectivity index (χ0v) is 11.2. The zero-order valence-electron chi connectivity index (χ0n) is 11.2. The van der Waals surface area contributed by atoms with E-state index in [2.05, 4.69) is 34.1 Å². The summed E-state index contributed by atoms with van der Waals surface area (Å²) in [4.78, 5) is 10.7. The largest absolute Gasteiger partial charge is 0.490 e. The van der Waals surface area contributed by atoms with Crippen molar-refractivity contribution >= 4 is 11.6 Å². The van der Waals surface area contributed by atoms with Crippen molar-refractivity contribution in [2.24, 2.45) is 11.8 Å². The van der Waals surface area contributed by atoms with Gasteiger partial charge in [0.25, 0.3) is 0 Å². The number of nitrogen functional groups attached to an aromatic ring is 1. The third-order valence-corrected chi connectivity index (χ3v) is 3.47. The first-order chi connectivity index (χ1) is 8.69. The molecule has 1 saturated heterocycles. The van der Waals surface area contributed by atoms with Crippen molar-refractivity contribution in [2.45, 2.75) is 32.7 Å². The molecule has 1 aromatic heterocycles. The molecule has 1 aromatic rings. The summed E-state index contributed by atoms with van der Waals surface area (Å²) in [6, 6.07) is 0.499. The standard InChI is InChI=1S/C12H21N5O/c1-8(2)9-5-4-6-17(9)12-10(18-3)11(16-13)14-7-15-12/h7-9H,4-6,13H2,1-3H3,(H,14,15,16). The molecule has 0 aromatic carbocycles. The van der Waals surface area contributed by atoms with E-state index in [1.807, 2.05) is 0 Å². The lowest BCUT2D eigenvalue weighted by molar-refractivity contribution is 0.408. The number of anilines is 2. The molecule has 1 fully saturated rings. The van der Waals surface area contributed by atoms with Gasteiger partial charge in [0, 0.05) is 12.6 Å². The van der Waals surface area contributed by atoms with Crippen LogP contribution in [0.1, 0.15) is 26.7 Å². The third kappa shape index (κ3) is 2.20. The fourth-order valence-corrected chi connectivity index (χ4v) is 2.61. The first-order valence-corrected chi connectivity index (χ1v) is 6.31. The van der Waals surface area contributed by atoms with E-state index in [1.165, 1.54) is 19.2 Å². The van der Waals surface area contributed by atoms with Gasteiger partial charge in [0.1, 0.15) is 6.33 Å². The number of hydrazine groups is 1. The molecule has 1 aliphatic heterocycles. The Morgan fingerprint density at radius 3 is 2.89 bits per heavy atom. The summed E-state index contributed by atoms with van der Waals surface area (Å²) in [5.41, 5.74) is 2.55. The predicted octanol–water partition coefficient (Wildman–Crippen LogP) is 1.40. The topological polar surface area (TPSA) is 76.3 Å². The first kappa shape index (κ1) is 12.9. The van der Waals surface area contributed by atoms with E-state index >= 15 is 0 Å². The van der Waals surface area contributed by atoms with E-state index in [4.69, 9.17) is 10.6 Å². The summed E-state index contributed by atoms with van der Waals surface area (Å²) in [5, 5.41) is 0. The van der Waals surface area contributed by atoms with Gasteiger partial charge >= 0.3 is 0 Å². The highest BCUT2D eigenvalue weighted by Gasteiger charge is 2.31. The Kier molecular flexibility index (Phi) is 3.86. The molecule has 0 amide bonds. The Hall–Kier alpha value is -1.56. The molecule has 0 radical (unpaired) electrons. The number of ether oxygens (including phenoxy) is 1. The molecule has 3 N–H and O–H groups in total. The van der Waals surface area contributed by atoms with Crippen LogP contribution >= 0.6 is 0 Å². The SMILES string of the molecule is COc1c(NN)ncnc1N1CCCC1C(C)C. The van der Waals surface area contributed by atoms with Crippen molar-refractivity contribution in [3.8, 4) is 5.75 Å². The quantitative estimate of drug-likeness (QED) is 0.622. The normalized spacial score (nSPS) is 19.4. The Morgan fingerprint density at radius 2 is 2.28 bits per heavy atom. The Bertz CT molecular complexity index is 409. The van der Waals surface area contributed by atoms with Crippen LogP contribution in [0.2, 0.25) is 0 Å². The molecule has 0 saturated carbocycles. The summed E-state index contributed by atoms with van der Waals surface area (Å²) in [6.45, 7) is 5.47. The summed E-state index contributed by atoms with van der Waals surface area (Å²) < 4.78 is 5.40. The molecule has 0 spiro atoms. The van der Waals surface area contributed by atoms with E-state index in [0.29, 0.717) is 23.5 Å². The van der Waals surface area contributed by atoms with Crippen LogP contribution in [0.15, 0.2) is 6.33 Å². The average molecular weight is 251 g/mol. The Labute approximate surface area is 108 Å². The summed E-state index contributed by atoms with van der Waals surface area (Å²) in [5.74, 6) is 8.01. The second-order valence-corrected chi connectivity index (χ2v) is 4.87. The van der Waals surface area contributed by atoms with Crippen molar-refractivity contribution in [1.29, 1.82) is 0 Å². The minimum Gasteiger partial charge on any atom is -0.490 e. The number of nitrogens with two attached hydrogens (primary N) is 1. The number of nitrogens with one attached hydrogen (secondary N) is 1. The lowest BCUT2D eigenvalue weighted by Gasteiger charge is -2.29. The molecule has 0 aliphatic carbocycles. The molecule has 1 atom stereocenters. The van der Waals surface area contributed by atoms with Crippen molar-refractivity contribution in [2.75, 3.05) is 24.0 Å². The molecule has 0 bridgehead atoms. The van der Waals surface area contributed by atoms with Crippen LogP contribution in [0.25, 0.3) is 0 Å². The predicted molar refractivity (Wildman–Crippen MR) is 71.6 cm³/mol. The molecule has 18 heavy (non-hydrogen) atoms. The number of hydrogen-bond acceptors (Lipinski definition) is 6. The highest BCUT2D eigenvalue weighted by Crippen LogP contribution is 2.37. The van der Waals surface area contributed by atoms with Gasteiger partial charge in [-0.1, -0.05) is 13.8 Å². The van der Waals surface area contributed by atoms with Gasteiger partial charge in [-0.25, -0.2) is 15.8 Å². The number of nitrogens with zero attached hydrogens (tertiary/aromatic N) is 3. The van der Waals surface area contributed by atoms with Crippen LogP contribution in [0.5, 0.6) is 5.75 Å². The lowest BCUT2D eigenvalue weighted by Crippen LogP contribution is -2.34. The maximum atomic E-state index is 5.45. The highest BCUT2D eigenvalue weighted by atomic mass is 16.5. The monoisotopic (exact) mass is 251 g/mol. The fraction of sp³-hybridized carbons (Fsp3) is 0.667. The van der Waals surface area contributed by atoms with Gasteiger partial charge in [-0.3, -0.25) is 0 Å². The third-order valence-electron chi connectivity index (χ3n) is 3.47. The number of rotatable bonds is 4. The van der Waals surface area contributed by atoms with Crippen LogP contribution in [0, 0.1) is 5.92 Å². The van der Waals surface area contributed by atoms with Crippen molar-refractivity contribution in [3.05, 3.63) is 6.33 Å². The molecule has 6 heteroatoms. The van der Waals surface area contributed by atoms with Crippen LogP contribution in [0.3, 0.4) is 0 Å². The molecule has 2 heterocycles. The number of methoxy groups -OCH3 is 1. The van der Waals surface area contributed by atoms with Crippen LogP contribution in [-0.4, -0.2) is 29.7 Å². The van der Waals surface area contributed by atoms with Gasteiger partial charge in [-0.15, -0.1) is 0 Å². The number of aromatic nitrogens is 2. The smallest absolute Gasteiger partial charge is 0.205 e. The average Bonchev–Trinajstić information content (AvgIpc) is 2.86. The van der Waals surface area contributed by atoms with Crippen molar-refractivity contribution < 1.29 is 4.74 Å². The maximum Gasteiger partial charge on any atom is 0.205 e. The Morgan fingerprint density at radius 1 is 1.50 bits per heavy atom. The first-order valence-electron chi connectivity index (χ1n) is 6.31. The summed E-state index contributed by atoms with van der Waals surface area (Å²) in [6.07, 6.45) is 3.89. The van der Waals surface area contributed by atoms with Crippen LogP contribution < -0.4 is 20.9 Å². The molecule has 100 valence electrons. The van der Waals surface area contributed by atoms with Gasteiger partial charge < -0.3 is 15.1 Å². The van der Waals surface area contributed by atoms with E-state index in [1.54, 1.807) is 7.11 Å². The van der Waals surface area contributed by atoms with Gasteiger partial charge in [-0.2, -0.15) is 0 Å². The molecular weight excluding hydrogens is 230 g/mol. The maximum absolute atomic E-state index is 5.45. The zero-order chi connectivity index (χ0) is 13.1. The minimum absolute atomic E-state index is 0.499. The van der Waals surface area contributed by atoms with Crippen molar-refractivity contribution in [3.63, 3.8) is 0 Å². The van der Waals surface area contributed by atoms with Crippen molar-refractivity contribution in [1.82, 2.24) is 9.97 Å². The fourth-order valence-electron chi connectivity index (χ4n) is 2.61. The van der Waals surface area contributed by atoms with E-state index in [9.17, 15) is 0 Å². The second kappa shape index (κ2) is 5.39. The molecule has 1 aliphatic rings. The lowest BCUT2D eigenvalue weighted by atomic mass is 10.0. The second-order valence-electron chi connectivity index (χ2n) is 4.87. The summed E-state index contributed by atoms with van der Waals surface area (Å²) >= 11 is 0. The molecular formula is C12H21N5O. The number of hydrogen-bond donors (Lipinski definition) is 2. The van der Waals surface area contributed by atoms with Crippen LogP contribution in [0.4, 0.5) is 11.6 Å². The molecule has 1 unspecified atom stereocenters. The summed E-state index contributed by atoms with van der Waals surface area (Å²) in [7, 11) is 1.61. The van der Waals surface area contributed by atoms with E-state index < -0.39 is 0 Å². The van der Waals surface area contributed by atoms with Gasteiger partial charge in [0.05, 0.1) is 7.11 Å². The van der Waals surface area contributed by atoms with Gasteiger partial charge in [0.2, 0.25) is 5.75 Å². The van der Waals surface area contributed by atoms with Crippen LogP contribution in [-0.2, 0) is 0 Å². The minimum atomic E-state index is 0.499. The highest BCUT2D eigenvalue weighted by molar-refractivity contribution is 5.65. The van der Waals surface area contributed by atoms with E-state index in [0.717, 1.165) is 12.4 Å². The molecule has 6 nitrogen and oxygen atoms in total. The molecule has 2 rings (SSSR count).